The summed E-state index contributed by atoms with van der Waals surface area (Å²) in [5.74, 6) is 0.178. The van der Waals surface area contributed by atoms with Crippen LogP contribution in [0.2, 0.25) is 0 Å². The quantitative estimate of drug-likeness (QED) is 0.573. The van der Waals surface area contributed by atoms with E-state index in [-0.39, 0.29) is 36.3 Å². The molecule has 0 aliphatic carbocycles. The van der Waals surface area contributed by atoms with Crippen LogP contribution in [0.3, 0.4) is 0 Å². The predicted molar refractivity (Wildman–Crippen MR) is 122 cm³/mol. The van der Waals surface area contributed by atoms with Crippen LogP contribution >= 0.6 is 0 Å². The van der Waals surface area contributed by atoms with Gasteiger partial charge in [0.2, 0.25) is 17.6 Å². The molecule has 1 N–H and O–H groups in total. The summed E-state index contributed by atoms with van der Waals surface area (Å²) in [6, 6.07) is 13.0. The topological polar surface area (TPSA) is 97.6 Å². The van der Waals surface area contributed by atoms with E-state index in [2.05, 4.69) is 15.5 Å². The molecule has 0 radical (unpaired) electrons. The predicted octanol–water partition coefficient (Wildman–Crippen LogP) is 3.37. The fourth-order valence-electron chi connectivity index (χ4n) is 3.87. The highest BCUT2D eigenvalue weighted by Crippen LogP contribution is 2.17. The van der Waals surface area contributed by atoms with Crippen molar-refractivity contribution in [1.29, 1.82) is 0 Å². The first-order valence-corrected chi connectivity index (χ1v) is 11.3. The number of rotatable bonds is 7. The summed E-state index contributed by atoms with van der Waals surface area (Å²) in [6.07, 6.45) is 0.520. The Bertz CT molecular complexity index is 1120. The Morgan fingerprint density at radius 3 is 2.41 bits per heavy atom. The molecule has 0 spiro atoms. The minimum atomic E-state index is -0.341. The van der Waals surface area contributed by atoms with Crippen molar-refractivity contribution in [3.8, 4) is 11.4 Å². The summed E-state index contributed by atoms with van der Waals surface area (Å²) in [5, 5.41) is 6.73. The van der Waals surface area contributed by atoms with Gasteiger partial charge in [0.25, 0.3) is 5.91 Å². The van der Waals surface area contributed by atoms with E-state index in [4.69, 9.17) is 9.26 Å². The maximum atomic E-state index is 13.0. The van der Waals surface area contributed by atoms with E-state index in [1.54, 1.807) is 24.3 Å². The minimum Gasteiger partial charge on any atom is -0.372 e. The summed E-state index contributed by atoms with van der Waals surface area (Å²) in [5.41, 5.74) is 2.15. The third-order valence-electron chi connectivity index (χ3n) is 5.53. The van der Waals surface area contributed by atoms with Crippen molar-refractivity contribution in [2.45, 2.75) is 45.4 Å². The maximum Gasteiger partial charge on any atom is 0.254 e. The van der Waals surface area contributed by atoms with Crippen LogP contribution in [0.5, 0.6) is 0 Å². The van der Waals surface area contributed by atoms with Crippen molar-refractivity contribution < 1.29 is 23.2 Å². The molecule has 2 atom stereocenters. The number of carbonyl (C=O) groups is 2. The Morgan fingerprint density at radius 2 is 1.74 bits per heavy atom. The normalized spacial score (nSPS) is 18.0. The molecule has 34 heavy (non-hydrogen) atoms. The van der Waals surface area contributed by atoms with E-state index < -0.39 is 0 Å². The van der Waals surface area contributed by atoms with Crippen LogP contribution in [0.15, 0.2) is 53.1 Å². The van der Waals surface area contributed by atoms with Gasteiger partial charge in [0.05, 0.1) is 12.2 Å². The average Bonchev–Trinajstić information content (AvgIpc) is 3.30. The number of morpholine rings is 1. The van der Waals surface area contributed by atoms with Crippen molar-refractivity contribution in [3.05, 3.63) is 71.4 Å². The average molecular weight is 467 g/mol. The van der Waals surface area contributed by atoms with E-state index >= 15 is 0 Å². The lowest BCUT2D eigenvalue weighted by Crippen LogP contribution is -2.48. The third kappa shape index (κ3) is 6.05. The van der Waals surface area contributed by atoms with Crippen molar-refractivity contribution in [3.63, 3.8) is 0 Å². The first kappa shape index (κ1) is 23.6. The molecule has 1 aliphatic heterocycles. The number of halogens is 1. The Labute approximate surface area is 197 Å². The lowest BCUT2D eigenvalue weighted by molar-refractivity contribution is -0.121. The van der Waals surface area contributed by atoms with Crippen LogP contribution in [-0.4, -0.2) is 52.2 Å². The third-order valence-corrected chi connectivity index (χ3v) is 5.53. The first-order valence-electron chi connectivity index (χ1n) is 11.3. The minimum absolute atomic E-state index is 0.0165. The molecule has 3 aromatic rings. The molecule has 2 unspecified atom stereocenters. The second-order valence-electron chi connectivity index (χ2n) is 8.46. The molecule has 0 bridgehead atoms. The summed E-state index contributed by atoms with van der Waals surface area (Å²) < 4.78 is 23.9. The lowest BCUT2D eigenvalue weighted by Gasteiger charge is -2.35. The molecular formula is C25H27FN4O4. The van der Waals surface area contributed by atoms with Gasteiger partial charge in [-0.05, 0) is 55.8 Å². The molecule has 1 aromatic heterocycles. The summed E-state index contributed by atoms with van der Waals surface area (Å²) >= 11 is 0. The Morgan fingerprint density at radius 1 is 1.06 bits per heavy atom. The van der Waals surface area contributed by atoms with Gasteiger partial charge in [-0.15, -0.1) is 0 Å². The van der Waals surface area contributed by atoms with Crippen molar-refractivity contribution >= 4 is 11.8 Å². The zero-order chi connectivity index (χ0) is 24.1. The number of carbonyl (C=O) groups excluding carboxylic acids is 2. The zero-order valence-corrected chi connectivity index (χ0v) is 19.2. The second kappa shape index (κ2) is 10.6. The van der Waals surface area contributed by atoms with Gasteiger partial charge < -0.3 is 19.5 Å². The number of benzene rings is 2. The van der Waals surface area contributed by atoms with Gasteiger partial charge in [-0.1, -0.05) is 17.3 Å². The summed E-state index contributed by atoms with van der Waals surface area (Å²) in [4.78, 5) is 31.1. The van der Waals surface area contributed by atoms with Gasteiger partial charge in [0.15, 0.2) is 0 Å². The van der Waals surface area contributed by atoms with Crippen LogP contribution in [0.4, 0.5) is 4.39 Å². The van der Waals surface area contributed by atoms with E-state index in [9.17, 15) is 14.0 Å². The van der Waals surface area contributed by atoms with Crippen LogP contribution in [0.25, 0.3) is 11.4 Å². The number of hydrogen-bond donors (Lipinski definition) is 1. The molecule has 2 amide bonds. The summed E-state index contributed by atoms with van der Waals surface area (Å²) in [6.45, 7) is 5.43. The van der Waals surface area contributed by atoms with E-state index in [0.717, 1.165) is 5.56 Å². The molecule has 178 valence electrons. The van der Waals surface area contributed by atoms with E-state index in [0.29, 0.717) is 48.9 Å². The SMILES string of the molecule is CC1CN(C(=O)c2ccc(CNC(=O)CCc3nc(-c4ccc(F)cc4)no3)cc2)CC(C)O1. The highest BCUT2D eigenvalue weighted by atomic mass is 19.1. The number of ether oxygens (including phenoxy) is 1. The second-order valence-corrected chi connectivity index (χ2v) is 8.46. The molecule has 2 heterocycles. The molecular weight excluding hydrogens is 439 g/mol. The Kier molecular flexibility index (Phi) is 7.32. The fourth-order valence-corrected chi connectivity index (χ4v) is 3.87. The van der Waals surface area contributed by atoms with E-state index in [1.165, 1.54) is 12.1 Å². The highest BCUT2D eigenvalue weighted by Gasteiger charge is 2.26. The monoisotopic (exact) mass is 466 g/mol. The summed E-state index contributed by atoms with van der Waals surface area (Å²) in [7, 11) is 0. The van der Waals surface area contributed by atoms with Gasteiger partial charge in [0, 0.05) is 43.6 Å². The van der Waals surface area contributed by atoms with Crippen LogP contribution in [0.1, 0.15) is 42.1 Å². The number of aromatic nitrogens is 2. The van der Waals surface area contributed by atoms with Crippen LogP contribution in [0, 0.1) is 5.82 Å². The Balaban J connectivity index is 1.23. The molecule has 1 saturated heterocycles. The lowest BCUT2D eigenvalue weighted by atomic mass is 10.1. The number of amides is 2. The number of hydrogen-bond acceptors (Lipinski definition) is 6. The molecule has 2 aromatic carbocycles. The number of aryl methyl sites for hydroxylation is 1. The van der Waals surface area contributed by atoms with Gasteiger partial charge in [0.1, 0.15) is 5.82 Å². The van der Waals surface area contributed by atoms with Gasteiger partial charge in [-0.3, -0.25) is 9.59 Å². The van der Waals surface area contributed by atoms with Crippen molar-refractivity contribution in [2.24, 2.45) is 0 Å². The smallest absolute Gasteiger partial charge is 0.254 e. The van der Waals surface area contributed by atoms with Gasteiger partial charge in [-0.2, -0.15) is 4.98 Å². The molecule has 0 saturated carbocycles. The number of nitrogens with zero attached hydrogens (tertiary/aromatic N) is 3. The van der Waals surface area contributed by atoms with Crippen LogP contribution in [-0.2, 0) is 22.5 Å². The molecule has 9 heteroatoms. The highest BCUT2D eigenvalue weighted by molar-refractivity contribution is 5.94. The Hall–Kier alpha value is -3.59. The largest absolute Gasteiger partial charge is 0.372 e. The first-order chi connectivity index (χ1) is 16.4. The van der Waals surface area contributed by atoms with Gasteiger partial charge in [-0.25, -0.2) is 4.39 Å². The molecule has 8 nitrogen and oxygen atoms in total. The maximum absolute atomic E-state index is 13.0. The van der Waals surface area contributed by atoms with Crippen molar-refractivity contribution in [1.82, 2.24) is 20.4 Å². The molecule has 1 fully saturated rings. The standard InChI is InChI=1S/C25H27FN4O4/c1-16-14-30(15-17(2)33-16)25(32)20-5-3-18(4-6-20)13-27-22(31)11-12-23-28-24(29-34-23)19-7-9-21(26)10-8-19/h3-10,16-17H,11-15H2,1-2H3,(H,27,31). The fraction of sp³-hybridized carbons (Fsp3) is 0.360. The van der Waals surface area contributed by atoms with Crippen LogP contribution < -0.4 is 5.32 Å². The van der Waals surface area contributed by atoms with Crippen molar-refractivity contribution in [2.75, 3.05) is 13.1 Å². The van der Waals surface area contributed by atoms with Gasteiger partial charge >= 0.3 is 0 Å². The molecule has 4 rings (SSSR count). The molecule has 1 aliphatic rings. The number of nitrogens with one attached hydrogen (secondary N) is 1. The van der Waals surface area contributed by atoms with E-state index in [1.807, 2.05) is 30.9 Å². The zero-order valence-electron chi connectivity index (χ0n) is 19.2.